The van der Waals surface area contributed by atoms with Crippen LogP contribution in [0.25, 0.3) is 0 Å². The van der Waals surface area contributed by atoms with Crippen LogP contribution in [-0.2, 0) is 0 Å². The van der Waals surface area contributed by atoms with Gasteiger partial charge in [-0.15, -0.1) is 0 Å². The third kappa shape index (κ3) is 3.25. The first-order chi connectivity index (χ1) is 9.49. The molecule has 0 aliphatic carbocycles. The molecule has 0 aromatic heterocycles. The van der Waals surface area contributed by atoms with E-state index in [0.29, 0.717) is 17.2 Å². The smallest absolute Gasteiger partial charge is 0.253 e. The molecule has 1 amide bonds. The molecule has 0 unspecified atom stereocenters. The van der Waals surface area contributed by atoms with Crippen LogP contribution in [0.2, 0.25) is 0 Å². The Balaban J connectivity index is 2.00. The van der Waals surface area contributed by atoms with Crippen LogP contribution in [0.4, 0.5) is 0 Å². The number of ketones is 1. The molecule has 1 fully saturated rings. The molecule has 1 aliphatic heterocycles. The number of carbonyl (C=O) groups excluding carboxylic acids is 2. The lowest BCUT2D eigenvalue weighted by Gasteiger charge is -2.37. The van der Waals surface area contributed by atoms with Crippen LogP contribution < -0.4 is 0 Å². The number of hydrogen-bond donors (Lipinski definition) is 0. The van der Waals surface area contributed by atoms with Crippen LogP contribution >= 0.6 is 0 Å². The summed E-state index contributed by atoms with van der Waals surface area (Å²) < 4.78 is 0. The summed E-state index contributed by atoms with van der Waals surface area (Å²) in [6.45, 7) is 9.28. The zero-order valence-corrected chi connectivity index (χ0v) is 12.4. The van der Waals surface area contributed by atoms with Crippen molar-refractivity contribution in [2.45, 2.75) is 26.8 Å². The maximum atomic E-state index is 12.4. The van der Waals surface area contributed by atoms with Crippen molar-refractivity contribution in [3.8, 4) is 0 Å². The summed E-state index contributed by atoms with van der Waals surface area (Å²) in [5, 5.41) is 0. The Kier molecular flexibility index (Phi) is 4.55. The van der Waals surface area contributed by atoms with Gasteiger partial charge in [-0.25, -0.2) is 0 Å². The van der Waals surface area contributed by atoms with Crippen molar-refractivity contribution < 1.29 is 9.59 Å². The molecule has 1 heterocycles. The highest BCUT2D eigenvalue weighted by Gasteiger charge is 2.23. The number of rotatable bonds is 3. The van der Waals surface area contributed by atoms with Gasteiger partial charge in [-0.2, -0.15) is 0 Å². The second-order valence-electron chi connectivity index (χ2n) is 5.56. The zero-order valence-electron chi connectivity index (χ0n) is 12.4. The topological polar surface area (TPSA) is 40.6 Å². The van der Waals surface area contributed by atoms with Crippen molar-refractivity contribution in [1.29, 1.82) is 0 Å². The minimum atomic E-state index is 0.0227. The van der Waals surface area contributed by atoms with Crippen molar-refractivity contribution in [3.05, 3.63) is 35.4 Å². The summed E-state index contributed by atoms with van der Waals surface area (Å²) in [6, 6.07) is 7.46. The lowest BCUT2D eigenvalue weighted by atomic mass is 10.1. The maximum absolute atomic E-state index is 12.4. The van der Waals surface area contributed by atoms with Gasteiger partial charge >= 0.3 is 0 Å². The fourth-order valence-corrected chi connectivity index (χ4v) is 2.47. The molecule has 0 saturated carbocycles. The minimum Gasteiger partial charge on any atom is -0.336 e. The summed E-state index contributed by atoms with van der Waals surface area (Å²) in [5.74, 6) is 0.0815. The van der Waals surface area contributed by atoms with Gasteiger partial charge in [0.05, 0.1) is 0 Å². The van der Waals surface area contributed by atoms with Crippen LogP contribution in [0.3, 0.4) is 0 Å². The monoisotopic (exact) mass is 274 g/mol. The van der Waals surface area contributed by atoms with Crippen LogP contribution in [0.5, 0.6) is 0 Å². The van der Waals surface area contributed by atoms with Gasteiger partial charge in [0, 0.05) is 43.3 Å². The molecule has 0 radical (unpaired) electrons. The van der Waals surface area contributed by atoms with E-state index in [2.05, 4.69) is 18.7 Å². The van der Waals surface area contributed by atoms with E-state index in [1.165, 1.54) is 6.92 Å². The van der Waals surface area contributed by atoms with Gasteiger partial charge in [-0.3, -0.25) is 14.5 Å². The SMILES string of the molecule is CC(=O)c1ccc(C(=O)N2CCN(C(C)C)CC2)cc1. The van der Waals surface area contributed by atoms with E-state index in [1.807, 2.05) is 4.90 Å². The molecule has 0 bridgehead atoms. The van der Waals surface area contributed by atoms with Gasteiger partial charge in [0.25, 0.3) is 5.91 Å². The van der Waals surface area contributed by atoms with Gasteiger partial charge < -0.3 is 4.90 Å². The molecule has 1 aromatic carbocycles. The van der Waals surface area contributed by atoms with Crippen molar-refractivity contribution in [3.63, 3.8) is 0 Å². The molecule has 4 heteroatoms. The Morgan fingerprint density at radius 2 is 1.45 bits per heavy atom. The lowest BCUT2D eigenvalue weighted by molar-refractivity contribution is 0.0595. The third-order valence-corrected chi connectivity index (χ3v) is 3.87. The molecule has 2 rings (SSSR count). The largest absolute Gasteiger partial charge is 0.336 e. The van der Waals surface area contributed by atoms with E-state index in [4.69, 9.17) is 0 Å². The second-order valence-corrected chi connectivity index (χ2v) is 5.56. The first-order valence-corrected chi connectivity index (χ1v) is 7.13. The van der Waals surface area contributed by atoms with Crippen molar-refractivity contribution >= 4 is 11.7 Å². The molecule has 4 nitrogen and oxygen atoms in total. The van der Waals surface area contributed by atoms with Gasteiger partial charge in [-0.05, 0) is 32.9 Å². The number of amides is 1. The fourth-order valence-electron chi connectivity index (χ4n) is 2.47. The van der Waals surface area contributed by atoms with Crippen LogP contribution in [0.15, 0.2) is 24.3 Å². The average Bonchev–Trinajstić information content (AvgIpc) is 2.46. The Bertz CT molecular complexity index is 486. The Labute approximate surface area is 120 Å². The van der Waals surface area contributed by atoms with Crippen molar-refractivity contribution in [1.82, 2.24) is 9.80 Å². The molecule has 0 atom stereocenters. The standard InChI is InChI=1S/C16H22N2O2/c1-12(2)17-8-10-18(11-9-17)16(20)15-6-4-14(5-7-15)13(3)19/h4-7,12H,8-11H2,1-3H3. The van der Waals surface area contributed by atoms with Crippen LogP contribution in [0, 0.1) is 0 Å². The number of carbonyl (C=O) groups is 2. The summed E-state index contributed by atoms with van der Waals surface area (Å²) in [5.41, 5.74) is 1.30. The predicted octanol–water partition coefficient (Wildman–Crippen LogP) is 2.06. The predicted molar refractivity (Wildman–Crippen MR) is 79.1 cm³/mol. The number of benzene rings is 1. The molecule has 1 saturated heterocycles. The summed E-state index contributed by atoms with van der Waals surface area (Å²) in [7, 11) is 0. The molecule has 0 spiro atoms. The molecular weight excluding hydrogens is 252 g/mol. The van der Waals surface area contributed by atoms with Crippen LogP contribution in [-0.4, -0.2) is 53.7 Å². The average molecular weight is 274 g/mol. The summed E-state index contributed by atoms with van der Waals surface area (Å²) >= 11 is 0. The van der Waals surface area contributed by atoms with E-state index in [9.17, 15) is 9.59 Å². The Morgan fingerprint density at radius 3 is 1.90 bits per heavy atom. The number of Topliss-reactive ketones (excluding diaryl/α,β-unsaturated/α-hetero) is 1. The number of piperazine rings is 1. The second kappa shape index (κ2) is 6.18. The van der Waals surface area contributed by atoms with E-state index < -0.39 is 0 Å². The van der Waals surface area contributed by atoms with Crippen LogP contribution in [0.1, 0.15) is 41.5 Å². The Hall–Kier alpha value is -1.68. The van der Waals surface area contributed by atoms with E-state index >= 15 is 0 Å². The van der Waals surface area contributed by atoms with Gasteiger partial charge in [0.1, 0.15) is 0 Å². The molecule has 1 aliphatic rings. The van der Waals surface area contributed by atoms with Gasteiger partial charge in [0.15, 0.2) is 5.78 Å². The molecule has 20 heavy (non-hydrogen) atoms. The maximum Gasteiger partial charge on any atom is 0.253 e. The highest BCUT2D eigenvalue weighted by molar-refractivity contribution is 5.97. The fraction of sp³-hybridized carbons (Fsp3) is 0.500. The lowest BCUT2D eigenvalue weighted by Crippen LogP contribution is -2.50. The van der Waals surface area contributed by atoms with Crippen molar-refractivity contribution in [2.24, 2.45) is 0 Å². The summed E-state index contributed by atoms with van der Waals surface area (Å²) in [6.07, 6.45) is 0. The quantitative estimate of drug-likeness (QED) is 0.792. The van der Waals surface area contributed by atoms with E-state index in [-0.39, 0.29) is 11.7 Å². The number of hydrogen-bond acceptors (Lipinski definition) is 3. The molecule has 0 N–H and O–H groups in total. The van der Waals surface area contributed by atoms with Gasteiger partial charge in [-0.1, -0.05) is 12.1 Å². The van der Waals surface area contributed by atoms with E-state index in [1.54, 1.807) is 24.3 Å². The molecule has 1 aromatic rings. The minimum absolute atomic E-state index is 0.0227. The highest BCUT2D eigenvalue weighted by atomic mass is 16.2. The first kappa shape index (κ1) is 14.7. The highest BCUT2D eigenvalue weighted by Crippen LogP contribution is 2.12. The third-order valence-electron chi connectivity index (χ3n) is 3.87. The van der Waals surface area contributed by atoms with Crippen molar-refractivity contribution in [2.75, 3.05) is 26.2 Å². The zero-order chi connectivity index (χ0) is 14.7. The number of nitrogens with zero attached hydrogens (tertiary/aromatic N) is 2. The molecular formula is C16H22N2O2. The van der Waals surface area contributed by atoms with Gasteiger partial charge in [0.2, 0.25) is 0 Å². The Morgan fingerprint density at radius 1 is 0.950 bits per heavy atom. The normalized spacial score (nSPS) is 16.5. The summed E-state index contributed by atoms with van der Waals surface area (Å²) in [4.78, 5) is 27.9. The molecule has 108 valence electrons. The van der Waals surface area contributed by atoms with E-state index in [0.717, 1.165) is 26.2 Å². The first-order valence-electron chi connectivity index (χ1n) is 7.13.